The van der Waals surface area contributed by atoms with Crippen LogP contribution in [-0.2, 0) is 16.1 Å². The summed E-state index contributed by atoms with van der Waals surface area (Å²) in [6.45, 7) is 5.30. The van der Waals surface area contributed by atoms with Crippen molar-refractivity contribution in [2.75, 3.05) is 6.61 Å². The van der Waals surface area contributed by atoms with Crippen LogP contribution in [0, 0.1) is 5.82 Å². The van der Waals surface area contributed by atoms with Crippen LogP contribution < -0.4 is 10.1 Å². The molecule has 0 bridgehead atoms. The first kappa shape index (κ1) is 21.7. The number of carbonyl (C=O) groups is 2. The summed E-state index contributed by atoms with van der Waals surface area (Å²) in [5.41, 5.74) is 0.798. The van der Waals surface area contributed by atoms with E-state index in [1.807, 2.05) is 19.9 Å². The van der Waals surface area contributed by atoms with Gasteiger partial charge in [0.1, 0.15) is 17.6 Å². The third kappa shape index (κ3) is 6.53. The Morgan fingerprint density at radius 2 is 1.82 bits per heavy atom. The van der Waals surface area contributed by atoms with Crippen molar-refractivity contribution < 1.29 is 18.7 Å². The minimum absolute atomic E-state index is 0.0477. The fraction of sp³-hybridized carbons (Fsp3) is 0.333. The molecule has 7 heteroatoms. The van der Waals surface area contributed by atoms with E-state index in [9.17, 15) is 14.0 Å². The molecular formula is C21H24ClFN2O3. The molecule has 0 aliphatic rings. The first-order valence-electron chi connectivity index (χ1n) is 8.99. The van der Waals surface area contributed by atoms with Gasteiger partial charge < -0.3 is 15.0 Å². The zero-order valence-corrected chi connectivity index (χ0v) is 16.9. The van der Waals surface area contributed by atoms with Crippen LogP contribution in [0.15, 0.2) is 48.5 Å². The van der Waals surface area contributed by atoms with Gasteiger partial charge in [-0.25, -0.2) is 4.39 Å². The van der Waals surface area contributed by atoms with Gasteiger partial charge in [-0.2, -0.15) is 0 Å². The smallest absolute Gasteiger partial charge is 0.261 e. The van der Waals surface area contributed by atoms with Gasteiger partial charge in [-0.1, -0.05) is 23.7 Å². The van der Waals surface area contributed by atoms with Crippen LogP contribution in [0.2, 0.25) is 5.02 Å². The lowest BCUT2D eigenvalue weighted by Gasteiger charge is -2.29. The van der Waals surface area contributed by atoms with Crippen LogP contribution in [0.5, 0.6) is 5.75 Å². The topological polar surface area (TPSA) is 58.6 Å². The Labute approximate surface area is 169 Å². The van der Waals surface area contributed by atoms with E-state index in [-0.39, 0.29) is 36.8 Å². The number of rotatable bonds is 8. The second-order valence-corrected chi connectivity index (χ2v) is 7.17. The molecule has 0 saturated carbocycles. The zero-order valence-electron chi connectivity index (χ0n) is 16.1. The molecule has 0 aromatic heterocycles. The summed E-state index contributed by atoms with van der Waals surface area (Å²) in [6.07, 6.45) is 0. The molecule has 150 valence electrons. The summed E-state index contributed by atoms with van der Waals surface area (Å²) >= 11 is 6.03. The van der Waals surface area contributed by atoms with Gasteiger partial charge in [0.25, 0.3) is 5.91 Å². The second kappa shape index (κ2) is 10.1. The highest BCUT2D eigenvalue weighted by atomic mass is 35.5. The van der Waals surface area contributed by atoms with Crippen LogP contribution in [0.3, 0.4) is 0 Å². The number of halogens is 2. The monoisotopic (exact) mass is 406 g/mol. The largest absolute Gasteiger partial charge is 0.484 e. The average Bonchev–Trinajstić information content (AvgIpc) is 2.64. The Balaban J connectivity index is 2.14. The molecule has 28 heavy (non-hydrogen) atoms. The van der Waals surface area contributed by atoms with E-state index in [1.165, 1.54) is 29.2 Å². The number of carbonyl (C=O) groups excluding carboxylic acids is 2. The molecule has 1 atom stereocenters. The molecule has 0 spiro atoms. The van der Waals surface area contributed by atoms with Crippen LogP contribution >= 0.6 is 11.6 Å². The first-order valence-corrected chi connectivity index (χ1v) is 9.36. The molecule has 2 amide bonds. The Hall–Kier alpha value is -2.60. The van der Waals surface area contributed by atoms with Gasteiger partial charge >= 0.3 is 0 Å². The minimum Gasteiger partial charge on any atom is -0.484 e. The molecule has 0 saturated heterocycles. The molecule has 1 unspecified atom stereocenters. The van der Waals surface area contributed by atoms with Gasteiger partial charge in [0.05, 0.1) is 0 Å². The summed E-state index contributed by atoms with van der Waals surface area (Å²) in [7, 11) is 0. The lowest BCUT2D eigenvalue weighted by molar-refractivity contribution is -0.142. The number of amides is 2. The van der Waals surface area contributed by atoms with E-state index >= 15 is 0 Å². The summed E-state index contributed by atoms with van der Waals surface area (Å²) in [4.78, 5) is 26.7. The van der Waals surface area contributed by atoms with Crippen molar-refractivity contribution >= 4 is 23.4 Å². The van der Waals surface area contributed by atoms with E-state index in [0.717, 1.165) is 5.56 Å². The van der Waals surface area contributed by atoms with Crippen molar-refractivity contribution in [1.82, 2.24) is 10.2 Å². The highest BCUT2D eigenvalue weighted by Gasteiger charge is 2.26. The van der Waals surface area contributed by atoms with Gasteiger partial charge in [-0.15, -0.1) is 0 Å². The predicted octanol–water partition coefficient (Wildman–Crippen LogP) is 3.80. The Bertz CT molecular complexity index is 812. The SMILES string of the molecule is CC(C)NC(=O)C(C)N(Cc1cccc(Cl)c1)C(=O)COc1ccc(F)cc1. The lowest BCUT2D eigenvalue weighted by Crippen LogP contribution is -2.50. The third-order valence-corrected chi connectivity index (χ3v) is 4.25. The van der Waals surface area contributed by atoms with Crippen LogP contribution in [0.1, 0.15) is 26.3 Å². The molecular weight excluding hydrogens is 383 g/mol. The van der Waals surface area contributed by atoms with E-state index in [2.05, 4.69) is 5.32 Å². The highest BCUT2D eigenvalue weighted by molar-refractivity contribution is 6.30. The zero-order chi connectivity index (χ0) is 20.7. The molecule has 0 aliphatic carbocycles. The maximum atomic E-state index is 13.0. The van der Waals surface area contributed by atoms with Crippen molar-refractivity contribution in [2.45, 2.75) is 39.4 Å². The molecule has 0 fully saturated rings. The number of nitrogens with zero attached hydrogens (tertiary/aromatic N) is 1. The second-order valence-electron chi connectivity index (χ2n) is 6.73. The fourth-order valence-corrected chi connectivity index (χ4v) is 2.79. The number of hydrogen-bond acceptors (Lipinski definition) is 3. The summed E-state index contributed by atoms with van der Waals surface area (Å²) in [5.74, 6) is -0.639. The quantitative estimate of drug-likeness (QED) is 0.725. The molecule has 5 nitrogen and oxygen atoms in total. The Morgan fingerprint density at radius 3 is 2.43 bits per heavy atom. The normalized spacial score (nSPS) is 11.8. The summed E-state index contributed by atoms with van der Waals surface area (Å²) < 4.78 is 18.5. The molecule has 2 rings (SSSR count). The van der Waals surface area contributed by atoms with Crippen LogP contribution in [0.4, 0.5) is 4.39 Å². The van der Waals surface area contributed by atoms with Gasteiger partial charge in [-0.3, -0.25) is 9.59 Å². The maximum Gasteiger partial charge on any atom is 0.261 e. The van der Waals surface area contributed by atoms with Gasteiger partial charge in [0, 0.05) is 17.6 Å². The van der Waals surface area contributed by atoms with Crippen molar-refractivity contribution in [3.8, 4) is 5.75 Å². The number of hydrogen-bond donors (Lipinski definition) is 1. The van der Waals surface area contributed by atoms with Crippen molar-refractivity contribution in [1.29, 1.82) is 0 Å². The highest BCUT2D eigenvalue weighted by Crippen LogP contribution is 2.16. The average molecular weight is 407 g/mol. The molecule has 2 aromatic carbocycles. The van der Waals surface area contributed by atoms with Gasteiger partial charge in [0.2, 0.25) is 5.91 Å². The first-order chi connectivity index (χ1) is 13.3. The van der Waals surface area contributed by atoms with E-state index in [4.69, 9.17) is 16.3 Å². The van der Waals surface area contributed by atoms with Crippen molar-refractivity contribution in [3.05, 3.63) is 64.9 Å². The number of ether oxygens (including phenoxy) is 1. The van der Waals surface area contributed by atoms with E-state index < -0.39 is 6.04 Å². The van der Waals surface area contributed by atoms with Crippen LogP contribution in [-0.4, -0.2) is 35.4 Å². The predicted molar refractivity (Wildman–Crippen MR) is 107 cm³/mol. The number of benzene rings is 2. The van der Waals surface area contributed by atoms with Crippen molar-refractivity contribution in [3.63, 3.8) is 0 Å². The van der Waals surface area contributed by atoms with Gasteiger partial charge in [-0.05, 0) is 62.7 Å². The molecule has 0 radical (unpaired) electrons. The lowest BCUT2D eigenvalue weighted by atomic mass is 10.1. The molecule has 0 aliphatic heterocycles. The Kier molecular flexibility index (Phi) is 7.81. The molecule has 0 heterocycles. The van der Waals surface area contributed by atoms with E-state index in [0.29, 0.717) is 10.8 Å². The van der Waals surface area contributed by atoms with E-state index in [1.54, 1.807) is 25.1 Å². The number of nitrogens with one attached hydrogen (secondary N) is 1. The summed E-state index contributed by atoms with van der Waals surface area (Å²) in [6, 6.07) is 11.7. The summed E-state index contributed by atoms with van der Waals surface area (Å²) in [5, 5.41) is 3.36. The van der Waals surface area contributed by atoms with Crippen molar-refractivity contribution in [2.24, 2.45) is 0 Å². The standard InChI is InChI=1S/C21H24ClFN2O3/c1-14(2)24-21(27)15(3)25(12-16-5-4-6-17(22)11-16)20(26)13-28-19-9-7-18(23)8-10-19/h4-11,14-15H,12-13H2,1-3H3,(H,24,27). The molecule has 2 aromatic rings. The van der Waals surface area contributed by atoms with Gasteiger partial charge in [0.15, 0.2) is 6.61 Å². The van der Waals surface area contributed by atoms with Crippen LogP contribution in [0.25, 0.3) is 0 Å². The molecule has 1 N–H and O–H groups in total. The fourth-order valence-electron chi connectivity index (χ4n) is 2.58. The maximum absolute atomic E-state index is 13.0. The Morgan fingerprint density at radius 1 is 1.14 bits per heavy atom. The third-order valence-electron chi connectivity index (χ3n) is 4.02. The minimum atomic E-state index is -0.703.